The number of ether oxygens (including phenoxy) is 2. The second-order valence-corrected chi connectivity index (χ2v) is 5.77. The van der Waals surface area contributed by atoms with Gasteiger partial charge in [-0.1, -0.05) is 6.92 Å². The first kappa shape index (κ1) is 14.8. The Kier molecular flexibility index (Phi) is 5.19. The molecule has 1 atom stereocenters. The number of carbonyl (C=O) groups excluding carboxylic acids is 1. The highest BCUT2D eigenvalue weighted by molar-refractivity contribution is 5.77. The van der Waals surface area contributed by atoms with Crippen LogP contribution in [0.25, 0.3) is 0 Å². The molecule has 5 nitrogen and oxygen atoms in total. The van der Waals surface area contributed by atoms with Gasteiger partial charge in [0, 0.05) is 38.7 Å². The lowest BCUT2D eigenvalue weighted by molar-refractivity contribution is -0.139. The monoisotopic (exact) mass is 270 g/mol. The van der Waals surface area contributed by atoms with E-state index in [1.165, 1.54) is 0 Å². The number of nitrogens with zero attached hydrogens (tertiary/aromatic N) is 2. The van der Waals surface area contributed by atoms with Gasteiger partial charge in [-0.3, -0.25) is 4.79 Å². The lowest BCUT2D eigenvalue weighted by Crippen LogP contribution is -2.52. The van der Waals surface area contributed by atoms with Gasteiger partial charge in [-0.2, -0.15) is 0 Å². The first-order valence-electron chi connectivity index (χ1n) is 7.26. The van der Waals surface area contributed by atoms with Gasteiger partial charge in [-0.05, 0) is 19.4 Å². The summed E-state index contributed by atoms with van der Waals surface area (Å²) in [5.41, 5.74) is 0.119. The number of rotatable bonds is 3. The summed E-state index contributed by atoms with van der Waals surface area (Å²) >= 11 is 0. The molecule has 1 spiro atoms. The molecule has 2 fully saturated rings. The topological polar surface area (TPSA) is 42.0 Å². The predicted octanol–water partition coefficient (Wildman–Crippen LogP) is 0.594. The summed E-state index contributed by atoms with van der Waals surface area (Å²) in [6, 6.07) is 0. The van der Waals surface area contributed by atoms with E-state index in [1.54, 1.807) is 7.11 Å². The highest BCUT2D eigenvalue weighted by atomic mass is 16.5. The van der Waals surface area contributed by atoms with Gasteiger partial charge in [-0.15, -0.1) is 0 Å². The summed E-state index contributed by atoms with van der Waals surface area (Å²) in [5, 5.41) is 0. The number of likely N-dealkylation sites (N-methyl/N-ethyl adjacent to an activating group) is 1. The van der Waals surface area contributed by atoms with Gasteiger partial charge in [0.1, 0.15) is 6.61 Å². The van der Waals surface area contributed by atoms with Crippen LogP contribution < -0.4 is 0 Å². The summed E-state index contributed by atoms with van der Waals surface area (Å²) in [6.07, 6.45) is 2.22. The minimum absolute atomic E-state index is 0.105. The Morgan fingerprint density at radius 2 is 2.21 bits per heavy atom. The van der Waals surface area contributed by atoms with Crippen LogP contribution in [0.1, 0.15) is 19.8 Å². The molecule has 0 unspecified atom stereocenters. The van der Waals surface area contributed by atoms with E-state index in [0.717, 1.165) is 58.8 Å². The molecule has 2 rings (SSSR count). The first-order chi connectivity index (χ1) is 9.19. The van der Waals surface area contributed by atoms with Crippen LogP contribution in [-0.2, 0) is 14.3 Å². The normalized spacial score (nSPS) is 29.5. The summed E-state index contributed by atoms with van der Waals surface area (Å²) < 4.78 is 10.8. The van der Waals surface area contributed by atoms with Crippen LogP contribution in [-0.4, -0.2) is 75.4 Å². The maximum atomic E-state index is 12.0. The third kappa shape index (κ3) is 3.68. The molecule has 19 heavy (non-hydrogen) atoms. The smallest absolute Gasteiger partial charge is 0.248 e. The molecular formula is C14H26N2O3. The number of likely N-dealkylation sites (tertiary alicyclic amines) is 1. The molecule has 1 amide bonds. The minimum Gasteiger partial charge on any atom is -0.379 e. The molecule has 0 aromatic rings. The zero-order valence-electron chi connectivity index (χ0n) is 12.2. The van der Waals surface area contributed by atoms with Crippen LogP contribution >= 0.6 is 0 Å². The molecule has 0 radical (unpaired) electrons. The standard InChI is InChI=1S/C14H26N2O3/c1-3-15-7-8-19-12-14(10-15)5-4-6-16(11-14)13(17)9-18-2/h3-12H2,1-2H3/t14-/m0/s1. The van der Waals surface area contributed by atoms with Crippen molar-refractivity contribution in [3.8, 4) is 0 Å². The van der Waals surface area contributed by atoms with E-state index in [-0.39, 0.29) is 17.9 Å². The average Bonchev–Trinajstić information content (AvgIpc) is 2.61. The maximum Gasteiger partial charge on any atom is 0.248 e. The van der Waals surface area contributed by atoms with Gasteiger partial charge in [0.25, 0.3) is 0 Å². The van der Waals surface area contributed by atoms with Crippen molar-refractivity contribution in [2.45, 2.75) is 19.8 Å². The lowest BCUT2D eigenvalue weighted by Gasteiger charge is -2.43. The van der Waals surface area contributed by atoms with Gasteiger partial charge < -0.3 is 19.3 Å². The Bertz CT molecular complexity index is 311. The Labute approximate surface area is 115 Å². The van der Waals surface area contributed by atoms with Crippen molar-refractivity contribution >= 4 is 5.91 Å². The second-order valence-electron chi connectivity index (χ2n) is 5.77. The van der Waals surface area contributed by atoms with Crippen LogP contribution in [0.4, 0.5) is 0 Å². The Hall–Kier alpha value is -0.650. The number of hydrogen-bond acceptors (Lipinski definition) is 4. The number of methoxy groups -OCH3 is 1. The Balaban J connectivity index is 2.02. The van der Waals surface area contributed by atoms with E-state index >= 15 is 0 Å². The van der Waals surface area contributed by atoms with Crippen molar-refractivity contribution in [3.63, 3.8) is 0 Å². The molecule has 0 N–H and O–H groups in total. The fourth-order valence-electron chi connectivity index (χ4n) is 3.23. The van der Waals surface area contributed by atoms with Crippen LogP contribution in [0.2, 0.25) is 0 Å². The molecule has 2 saturated heterocycles. The fraction of sp³-hybridized carbons (Fsp3) is 0.929. The predicted molar refractivity (Wildman–Crippen MR) is 73.1 cm³/mol. The van der Waals surface area contributed by atoms with Crippen molar-refractivity contribution in [2.24, 2.45) is 5.41 Å². The highest BCUT2D eigenvalue weighted by Crippen LogP contribution is 2.32. The Morgan fingerprint density at radius 3 is 2.95 bits per heavy atom. The molecule has 2 aliphatic rings. The molecule has 0 aliphatic carbocycles. The first-order valence-corrected chi connectivity index (χ1v) is 7.26. The number of carbonyl (C=O) groups is 1. The fourth-order valence-corrected chi connectivity index (χ4v) is 3.23. The highest BCUT2D eigenvalue weighted by Gasteiger charge is 2.39. The SMILES string of the molecule is CCN1CCOC[C@@]2(CCCN(C(=O)COC)C2)C1. The quantitative estimate of drug-likeness (QED) is 0.753. The van der Waals surface area contributed by atoms with Gasteiger partial charge in [0.2, 0.25) is 5.91 Å². The third-order valence-electron chi connectivity index (χ3n) is 4.25. The van der Waals surface area contributed by atoms with Gasteiger partial charge >= 0.3 is 0 Å². The van der Waals surface area contributed by atoms with Crippen molar-refractivity contribution in [2.75, 3.05) is 59.7 Å². The van der Waals surface area contributed by atoms with Crippen molar-refractivity contribution in [1.82, 2.24) is 9.80 Å². The molecular weight excluding hydrogens is 244 g/mol. The zero-order chi connectivity index (χ0) is 13.7. The van der Waals surface area contributed by atoms with Crippen molar-refractivity contribution in [3.05, 3.63) is 0 Å². The zero-order valence-corrected chi connectivity index (χ0v) is 12.2. The summed E-state index contributed by atoms with van der Waals surface area (Å²) in [5.74, 6) is 0.105. The van der Waals surface area contributed by atoms with E-state index in [1.807, 2.05) is 4.90 Å². The van der Waals surface area contributed by atoms with Crippen LogP contribution in [0.3, 0.4) is 0 Å². The molecule has 5 heteroatoms. The summed E-state index contributed by atoms with van der Waals surface area (Å²) in [6.45, 7) is 8.73. The molecule has 0 aromatic heterocycles. The van der Waals surface area contributed by atoms with Crippen LogP contribution in [0, 0.1) is 5.41 Å². The largest absolute Gasteiger partial charge is 0.379 e. The van der Waals surface area contributed by atoms with Crippen molar-refractivity contribution in [1.29, 1.82) is 0 Å². The van der Waals surface area contributed by atoms with Gasteiger partial charge in [0.05, 0.1) is 13.2 Å². The summed E-state index contributed by atoms with van der Waals surface area (Å²) in [7, 11) is 1.57. The average molecular weight is 270 g/mol. The molecule has 0 saturated carbocycles. The number of hydrogen-bond donors (Lipinski definition) is 0. The van der Waals surface area contributed by atoms with Crippen LogP contribution in [0.5, 0.6) is 0 Å². The summed E-state index contributed by atoms with van der Waals surface area (Å²) in [4.78, 5) is 16.4. The molecule has 0 bridgehead atoms. The molecule has 110 valence electrons. The molecule has 0 aromatic carbocycles. The minimum atomic E-state index is 0.105. The third-order valence-corrected chi connectivity index (χ3v) is 4.25. The Morgan fingerprint density at radius 1 is 1.37 bits per heavy atom. The van der Waals surface area contributed by atoms with E-state index in [9.17, 15) is 4.79 Å². The number of piperidine rings is 1. The molecule has 2 heterocycles. The van der Waals surface area contributed by atoms with E-state index in [0.29, 0.717) is 0 Å². The van der Waals surface area contributed by atoms with Gasteiger partial charge in [-0.25, -0.2) is 0 Å². The lowest BCUT2D eigenvalue weighted by atomic mass is 9.80. The van der Waals surface area contributed by atoms with Crippen molar-refractivity contribution < 1.29 is 14.3 Å². The maximum absolute atomic E-state index is 12.0. The van der Waals surface area contributed by atoms with E-state index < -0.39 is 0 Å². The second kappa shape index (κ2) is 6.68. The van der Waals surface area contributed by atoms with Gasteiger partial charge in [0.15, 0.2) is 0 Å². The number of amides is 1. The van der Waals surface area contributed by atoms with E-state index in [4.69, 9.17) is 9.47 Å². The van der Waals surface area contributed by atoms with Crippen LogP contribution in [0.15, 0.2) is 0 Å². The van der Waals surface area contributed by atoms with E-state index in [2.05, 4.69) is 11.8 Å². The molecule has 2 aliphatic heterocycles.